The van der Waals surface area contributed by atoms with Crippen LogP contribution in [0.4, 0.5) is 4.39 Å². The van der Waals surface area contributed by atoms with E-state index in [0.29, 0.717) is 10.0 Å². The molecule has 0 aliphatic carbocycles. The highest BCUT2D eigenvalue weighted by atomic mass is 79.9. The van der Waals surface area contributed by atoms with Crippen molar-refractivity contribution in [3.63, 3.8) is 0 Å². The van der Waals surface area contributed by atoms with Gasteiger partial charge < -0.3 is 0 Å². The topological polar surface area (TPSA) is 29.4 Å². The number of hydrogen-bond acceptors (Lipinski definition) is 1. The summed E-state index contributed by atoms with van der Waals surface area (Å²) in [4.78, 5) is 0. The van der Waals surface area contributed by atoms with Gasteiger partial charge >= 0.3 is 0 Å². The van der Waals surface area contributed by atoms with E-state index in [1.807, 2.05) is 20.8 Å². The lowest BCUT2D eigenvalue weighted by molar-refractivity contribution is 0.627. The minimum atomic E-state index is -1.30. The van der Waals surface area contributed by atoms with Crippen LogP contribution in [0, 0.1) is 5.82 Å². The summed E-state index contributed by atoms with van der Waals surface area (Å²) in [5.41, 5.74) is 0.707. The summed E-state index contributed by atoms with van der Waals surface area (Å²) in [7, 11) is -1.30. The Morgan fingerprint density at radius 1 is 1.44 bits per heavy atom. The molecule has 0 amide bonds. The highest BCUT2D eigenvalue weighted by molar-refractivity contribution is 9.10. The van der Waals surface area contributed by atoms with E-state index in [1.54, 1.807) is 6.07 Å². The van der Waals surface area contributed by atoms with Crippen molar-refractivity contribution in [1.29, 1.82) is 0 Å². The quantitative estimate of drug-likeness (QED) is 0.769. The lowest BCUT2D eigenvalue weighted by atomic mass is 10.2. The molecule has 0 unspecified atom stereocenters. The fourth-order valence-corrected chi connectivity index (χ4v) is 1.85. The Balaban J connectivity index is 2.89. The van der Waals surface area contributed by atoms with Crippen LogP contribution in [0.3, 0.4) is 0 Å². The van der Waals surface area contributed by atoms with Gasteiger partial charge in [0.15, 0.2) is 0 Å². The summed E-state index contributed by atoms with van der Waals surface area (Å²) in [6.07, 6.45) is 1.49. The number of hydrogen-bond donors (Lipinski definition) is 0. The van der Waals surface area contributed by atoms with Gasteiger partial charge in [0.05, 0.1) is 4.75 Å². The van der Waals surface area contributed by atoms with Crippen LogP contribution in [0.1, 0.15) is 26.3 Å². The lowest BCUT2D eigenvalue weighted by Crippen LogP contribution is -2.19. The number of halogens is 2. The first-order chi connectivity index (χ1) is 7.30. The van der Waals surface area contributed by atoms with Gasteiger partial charge in [0.25, 0.3) is 0 Å². The third kappa shape index (κ3) is 3.79. The predicted molar refractivity (Wildman–Crippen MR) is 69.6 cm³/mol. The Morgan fingerprint density at radius 2 is 2.06 bits per heavy atom. The Kier molecular flexibility index (Phi) is 4.38. The third-order valence-corrected chi connectivity index (χ3v) is 3.81. The second kappa shape index (κ2) is 5.19. The first-order valence-electron chi connectivity index (χ1n) is 4.72. The lowest BCUT2D eigenvalue weighted by Gasteiger charge is -2.12. The molecule has 1 atom stereocenters. The minimum Gasteiger partial charge on any atom is -0.234 e. The minimum absolute atomic E-state index is 0.319. The molecule has 0 N–H and O–H groups in total. The van der Waals surface area contributed by atoms with Gasteiger partial charge in [0.1, 0.15) is 16.8 Å². The molecule has 0 fully saturated rings. The number of benzene rings is 1. The molecule has 0 heterocycles. The average Bonchev–Trinajstić information content (AvgIpc) is 2.14. The molecule has 0 aliphatic rings. The molecule has 0 aliphatic heterocycles. The molecule has 5 heteroatoms. The zero-order chi connectivity index (χ0) is 12.3. The fraction of sp³-hybridized carbons (Fsp3) is 0.364. The molecule has 16 heavy (non-hydrogen) atoms. The van der Waals surface area contributed by atoms with E-state index in [-0.39, 0.29) is 10.6 Å². The molecular weight excluding hydrogens is 293 g/mol. The van der Waals surface area contributed by atoms with Crippen LogP contribution in [0.15, 0.2) is 27.1 Å². The first-order valence-corrected chi connectivity index (χ1v) is 6.62. The summed E-state index contributed by atoms with van der Waals surface area (Å²) in [5.74, 6) is -0.319. The zero-order valence-corrected chi connectivity index (χ0v) is 11.7. The standard InChI is InChI=1S/C11H13BrFNOS/c1-11(2,3)16(15)14-7-8-4-5-9(13)6-10(8)12/h4-7H,1-3H3/t16-/m1/s1. The molecule has 0 bridgehead atoms. The van der Waals surface area contributed by atoms with Crippen LogP contribution in [0.2, 0.25) is 0 Å². The highest BCUT2D eigenvalue weighted by Crippen LogP contribution is 2.17. The van der Waals surface area contributed by atoms with Crippen molar-refractivity contribution in [3.8, 4) is 0 Å². The largest absolute Gasteiger partial charge is 0.234 e. The van der Waals surface area contributed by atoms with E-state index < -0.39 is 11.0 Å². The van der Waals surface area contributed by atoms with Crippen LogP contribution in [-0.2, 0) is 11.0 Å². The first kappa shape index (κ1) is 13.5. The molecule has 0 saturated carbocycles. The second-order valence-corrected chi connectivity index (χ2v) is 7.05. The molecule has 0 spiro atoms. The monoisotopic (exact) mass is 305 g/mol. The van der Waals surface area contributed by atoms with E-state index >= 15 is 0 Å². The summed E-state index contributed by atoms with van der Waals surface area (Å²) in [6.45, 7) is 5.54. The molecule has 1 aromatic rings. The number of rotatable bonds is 2. The Labute approximate surface area is 106 Å². The van der Waals surface area contributed by atoms with Gasteiger partial charge in [-0.25, -0.2) is 8.60 Å². The van der Waals surface area contributed by atoms with E-state index in [4.69, 9.17) is 0 Å². The van der Waals surface area contributed by atoms with E-state index in [2.05, 4.69) is 20.3 Å². The summed E-state index contributed by atoms with van der Waals surface area (Å²) < 4.78 is 28.6. The molecule has 1 rings (SSSR count). The van der Waals surface area contributed by atoms with Gasteiger partial charge in [-0.05, 0) is 39.0 Å². The molecule has 88 valence electrons. The third-order valence-electron chi connectivity index (χ3n) is 1.77. The highest BCUT2D eigenvalue weighted by Gasteiger charge is 2.18. The summed E-state index contributed by atoms with van der Waals surface area (Å²) >= 11 is 3.22. The van der Waals surface area contributed by atoms with Gasteiger partial charge in [0.2, 0.25) is 0 Å². The van der Waals surface area contributed by atoms with E-state index in [0.717, 1.165) is 0 Å². The number of nitrogens with zero attached hydrogens (tertiary/aromatic N) is 1. The van der Waals surface area contributed by atoms with Crippen LogP contribution in [-0.4, -0.2) is 15.2 Å². The van der Waals surface area contributed by atoms with E-state index in [9.17, 15) is 8.60 Å². The van der Waals surface area contributed by atoms with Gasteiger partial charge in [-0.1, -0.05) is 15.9 Å². The maximum atomic E-state index is 12.8. The maximum absolute atomic E-state index is 12.8. The molecule has 0 aromatic heterocycles. The van der Waals surface area contributed by atoms with E-state index in [1.165, 1.54) is 18.3 Å². The van der Waals surface area contributed by atoms with Crippen molar-refractivity contribution >= 4 is 33.1 Å². The van der Waals surface area contributed by atoms with Crippen molar-refractivity contribution in [2.24, 2.45) is 4.40 Å². The normalized spacial score (nSPS) is 14.3. The maximum Gasteiger partial charge on any atom is 0.144 e. The second-order valence-electron chi connectivity index (χ2n) is 4.26. The van der Waals surface area contributed by atoms with Gasteiger partial charge in [-0.3, -0.25) is 0 Å². The van der Waals surface area contributed by atoms with Crippen molar-refractivity contribution in [1.82, 2.24) is 0 Å². The van der Waals surface area contributed by atoms with Crippen molar-refractivity contribution in [2.45, 2.75) is 25.5 Å². The van der Waals surface area contributed by atoms with Crippen LogP contribution in [0.5, 0.6) is 0 Å². The molecule has 0 saturated heterocycles. The Bertz CT molecular complexity index is 440. The molecule has 2 nitrogen and oxygen atoms in total. The molecule has 1 aromatic carbocycles. The zero-order valence-electron chi connectivity index (χ0n) is 9.33. The Hall–Kier alpha value is -0.550. The Morgan fingerprint density at radius 3 is 2.56 bits per heavy atom. The van der Waals surface area contributed by atoms with Crippen molar-refractivity contribution in [3.05, 3.63) is 34.1 Å². The molecular formula is C11H13BrFNOS. The molecule has 0 radical (unpaired) electrons. The SMILES string of the molecule is CC(C)(C)[S@@](=O)N=Cc1ccc(F)cc1Br. The average molecular weight is 306 g/mol. The predicted octanol–water partition coefficient (Wildman–Crippen LogP) is 3.47. The van der Waals surface area contributed by atoms with Crippen molar-refractivity contribution in [2.75, 3.05) is 0 Å². The van der Waals surface area contributed by atoms with Gasteiger partial charge in [-0.15, -0.1) is 0 Å². The fourth-order valence-electron chi connectivity index (χ4n) is 0.869. The van der Waals surface area contributed by atoms with Crippen LogP contribution >= 0.6 is 15.9 Å². The summed E-state index contributed by atoms with van der Waals surface area (Å²) in [5, 5.41) is 0. The van der Waals surface area contributed by atoms with Gasteiger partial charge in [-0.2, -0.15) is 4.40 Å². The smallest absolute Gasteiger partial charge is 0.144 e. The van der Waals surface area contributed by atoms with Crippen molar-refractivity contribution < 1.29 is 8.60 Å². The summed E-state index contributed by atoms with van der Waals surface area (Å²) in [6, 6.07) is 4.27. The van der Waals surface area contributed by atoms with Crippen LogP contribution in [0.25, 0.3) is 0 Å². The van der Waals surface area contributed by atoms with Crippen LogP contribution < -0.4 is 0 Å². The van der Waals surface area contributed by atoms with Gasteiger partial charge in [0, 0.05) is 16.3 Å².